The van der Waals surface area contributed by atoms with Crippen LogP contribution >= 0.6 is 0 Å². The van der Waals surface area contributed by atoms with Crippen LogP contribution in [0, 0.1) is 0 Å². The third kappa shape index (κ3) is 7.20. The normalized spacial score (nSPS) is 9.24. The lowest BCUT2D eigenvalue weighted by Crippen LogP contribution is -2.34. The number of carbonyl (C=O) groups is 5. The van der Waals surface area contributed by atoms with Gasteiger partial charge in [-0.25, -0.2) is 11.7 Å². The van der Waals surface area contributed by atoms with Gasteiger partial charge in [0.15, 0.2) is 5.78 Å². The summed E-state index contributed by atoms with van der Waals surface area (Å²) in [5.41, 5.74) is 3.86. The molecule has 2 amide bonds. The minimum absolute atomic E-state index is 0.0154. The van der Waals surface area contributed by atoms with Crippen LogP contribution in [0.2, 0.25) is 0 Å². The van der Waals surface area contributed by atoms with E-state index in [-0.39, 0.29) is 29.5 Å². The maximum absolute atomic E-state index is 11.5. The Bertz CT molecular complexity index is 640. The SMILES string of the molecule is CC(=O)c1c(C(=O)NN)cccc1C(=O)NN.O=C(O)CCC(=O)O. The quantitative estimate of drug-likeness (QED) is 0.161. The molecule has 0 saturated heterocycles. The highest BCUT2D eigenvalue weighted by atomic mass is 16.4. The molecule has 1 aromatic carbocycles. The van der Waals surface area contributed by atoms with Gasteiger partial charge in [0.05, 0.1) is 24.0 Å². The fraction of sp³-hybridized carbons (Fsp3) is 0.214. The van der Waals surface area contributed by atoms with Crippen molar-refractivity contribution in [2.45, 2.75) is 19.8 Å². The van der Waals surface area contributed by atoms with Gasteiger partial charge in [0.25, 0.3) is 11.8 Å². The van der Waals surface area contributed by atoms with Gasteiger partial charge >= 0.3 is 11.9 Å². The van der Waals surface area contributed by atoms with E-state index in [2.05, 4.69) is 0 Å². The zero-order chi connectivity index (χ0) is 19.6. The molecule has 0 unspecified atom stereocenters. The van der Waals surface area contributed by atoms with E-state index in [0.29, 0.717) is 0 Å². The summed E-state index contributed by atoms with van der Waals surface area (Å²) in [6.07, 6.45) is -0.593. The zero-order valence-electron chi connectivity index (χ0n) is 13.2. The average Bonchev–Trinajstić information content (AvgIpc) is 2.58. The van der Waals surface area contributed by atoms with Crippen molar-refractivity contribution >= 4 is 29.5 Å². The van der Waals surface area contributed by atoms with E-state index in [1.807, 2.05) is 10.9 Å². The molecule has 1 rings (SSSR count). The van der Waals surface area contributed by atoms with Crippen molar-refractivity contribution in [3.8, 4) is 0 Å². The smallest absolute Gasteiger partial charge is 0.303 e. The molecule has 11 nitrogen and oxygen atoms in total. The average molecular weight is 354 g/mol. The van der Waals surface area contributed by atoms with Crippen LogP contribution in [-0.2, 0) is 9.59 Å². The molecule has 0 spiro atoms. The highest BCUT2D eigenvalue weighted by Gasteiger charge is 2.20. The second-order valence-electron chi connectivity index (χ2n) is 4.52. The predicted molar refractivity (Wildman–Crippen MR) is 84.3 cm³/mol. The summed E-state index contributed by atoms with van der Waals surface area (Å²) >= 11 is 0. The molecular weight excluding hydrogens is 336 g/mol. The Morgan fingerprint density at radius 2 is 1.24 bits per heavy atom. The van der Waals surface area contributed by atoms with E-state index in [1.54, 1.807) is 0 Å². The van der Waals surface area contributed by atoms with Gasteiger partial charge in [0, 0.05) is 5.56 Å². The van der Waals surface area contributed by atoms with Crippen molar-refractivity contribution in [2.75, 3.05) is 0 Å². The van der Waals surface area contributed by atoms with E-state index in [4.69, 9.17) is 21.9 Å². The van der Waals surface area contributed by atoms with E-state index in [9.17, 15) is 24.0 Å². The third-order valence-corrected chi connectivity index (χ3v) is 2.72. The number of hydrazine groups is 2. The van der Waals surface area contributed by atoms with Crippen molar-refractivity contribution in [1.29, 1.82) is 0 Å². The number of aliphatic carboxylic acids is 2. The molecule has 0 fully saturated rings. The van der Waals surface area contributed by atoms with Gasteiger partial charge in [0.2, 0.25) is 0 Å². The zero-order valence-corrected chi connectivity index (χ0v) is 13.2. The molecule has 11 heteroatoms. The maximum atomic E-state index is 11.5. The minimum atomic E-state index is -1.08. The van der Waals surface area contributed by atoms with Gasteiger partial charge in [-0.2, -0.15) is 0 Å². The summed E-state index contributed by atoms with van der Waals surface area (Å²) in [5, 5.41) is 15.8. The molecule has 0 aromatic heterocycles. The number of hydrogen-bond acceptors (Lipinski definition) is 7. The largest absolute Gasteiger partial charge is 0.481 e. The van der Waals surface area contributed by atoms with Gasteiger partial charge in [0.1, 0.15) is 0 Å². The highest BCUT2D eigenvalue weighted by molar-refractivity contribution is 6.14. The molecule has 0 radical (unpaired) electrons. The standard InChI is InChI=1S/C10H12N4O3.C4H6O4/c1-5(15)8-6(9(16)13-11)3-2-4-7(8)10(17)14-12;5-3(6)1-2-4(7)8/h2-4H,11-12H2,1H3,(H,13,16)(H,14,17);1-2H2,(H,5,6)(H,7,8). The second kappa shape index (κ2) is 10.5. The van der Waals surface area contributed by atoms with Gasteiger partial charge in [-0.3, -0.25) is 34.8 Å². The van der Waals surface area contributed by atoms with Crippen molar-refractivity contribution < 1.29 is 34.2 Å². The number of amides is 2. The maximum Gasteiger partial charge on any atom is 0.303 e. The summed E-state index contributed by atoms with van der Waals surface area (Å²) in [7, 11) is 0. The van der Waals surface area contributed by atoms with Crippen LogP contribution in [0.1, 0.15) is 50.8 Å². The Labute approximate surface area is 141 Å². The molecule has 1 aromatic rings. The molecule has 0 bridgehead atoms. The molecule has 136 valence electrons. The number of rotatable bonds is 6. The number of Topliss-reactive ketones (excluding diaryl/α,β-unsaturated/α-hetero) is 1. The van der Waals surface area contributed by atoms with Gasteiger partial charge in [-0.1, -0.05) is 6.07 Å². The Morgan fingerprint density at radius 3 is 1.48 bits per heavy atom. The molecule has 0 atom stereocenters. The monoisotopic (exact) mass is 354 g/mol. The molecule has 0 aliphatic carbocycles. The molecule has 0 aliphatic rings. The summed E-state index contributed by atoms with van der Waals surface area (Å²) < 4.78 is 0. The number of carbonyl (C=O) groups excluding carboxylic acids is 3. The van der Waals surface area contributed by atoms with Crippen LogP contribution in [-0.4, -0.2) is 39.7 Å². The topological polar surface area (TPSA) is 202 Å². The van der Waals surface area contributed by atoms with Crippen LogP contribution in [0.5, 0.6) is 0 Å². The first-order valence-corrected chi connectivity index (χ1v) is 6.75. The molecule has 0 saturated carbocycles. The Morgan fingerprint density at radius 1 is 0.880 bits per heavy atom. The predicted octanol–water partition coefficient (Wildman–Crippen LogP) is -0.968. The fourth-order valence-corrected chi connectivity index (χ4v) is 1.68. The van der Waals surface area contributed by atoms with Crippen molar-refractivity contribution in [3.05, 3.63) is 34.9 Å². The first kappa shape index (κ1) is 21.7. The number of carboxylic acids is 2. The molecular formula is C14H18N4O7. The summed E-state index contributed by atoms with van der Waals surface area (Å²) in [6, 6.07) is 4.25. The number of carboxylic acid groups (broad SMARTS) is 2. The lowest BCUT2D eigenvalue weighted by atomic mass is 9.97. The molecule has 25 heavy (non-hydrogen) atoms. The van der Waals surface area contributed by atoms with Gasteiger partial charge in [-0.05, 0) is 19.1 Å². The number of benzene rings is 1. The molecule has 0 heterocycles. The van der Waals surface area contributed by atoms with Gasteiger partial charge < -0.3 is 10.2 Å². The van der Waals surface area contributed by atoms with Crippen LogP contribution in [0.25, 0.3) is 0 Å². The summed E-state index contributed by atoms with van der Waals surface area (Å²) in [4.78, 5) is 53.7. The first-order chi connectivity index (χ1) is 11.6. The minimum Gasteiger partial charge on any atom is -0.481 e. The van der Waals surface area contributed by atoms with E-state index >= 15 is 0 Å². The lowest BCUT2D eigenvalue weighted by molar-refractivity contribution is -0.143. The number of hydrogen-bond donors (Lipinski definition) is 6. The number of nitrogens with two attached hydrogens (primary N) is 2. The van der Waals surface area contributed by atoms with E-state index in [1.165, 1.54) is 25.1 Å². The van der Waals surface area contributed by atoms with Crippen LogP contribution in [0.3, 0.4) is 0 Å². The molecule has 8 N–H and O–H groups in total. The number of nitrogens with one attached hydrogen (secondary N) is 2. The molecule has 0 aliphatic heterocycles. The van der Waals surface area contributed by atoms with E-state index in [0.717, 1.165) is 0 Å². The number of nitrogen functional groups attached to an aromatic ring is 2. The van der Waals surface area contributed by atoms with Crippen LogP contribution in [0.15, 0.2) is 18.2 Å². The Kier molecular flexibility index (Phi) is 9.08. The highest BCUT2D eigenvalue weighted by Crippen LogP contribution is 2.15. The first-order valence-electron chi connectivity index (χ1n) is 6.75. The Balaban J connectivity index is 0.000000609. The van der Waals surface area contributed by atoms with Crippen molar-refractivity contribution in [1.82, 2.24) is 10.9 Å². The van der Waals surface area contributed by atoms with Crippen LogP contribution < -0.4 is 22.5 Å². The van der Waals surface area contributed by atoms with Gasteiger partial charge in [-0.15, -0.1) is 0 Å². The lowest BCUT2D eigenvalue weighted by Gasteiger charge is -2.10. The number of ketones is 1. The summed E-state index contributed by atoms with van der Waals surface area (Å²) in [6.45, 7) is 1.25. The van der Waals surface area contributed by atoms with E-state index < -0.39 is 29.5 Å². The second-order valence-corrected chi connectivity index (χ2v) is 4.52. The summed E-state index contributed by atoms with van der Waals surface area (Å²) in [5.74, 6) is 6.11. The Hall–Kier alpha value is -3.31. The fourth-order valence-electron chi connectivity index (χ4n) is 1.68. The van der Waals surface area contributed by atoms with Crippen molar-refractivity contribution in [3.63, 3.8) is 0 Å². The van der Waals surface area contributed by atoms with Crippen molar-refractivity contribution in [2.24, 2.45) is 11.7 Å². The third-order valence-electron chi connectivity index (χ3n) is 2.72. The van der Waals surface area contributed by atoms with Crippen LogP contribution in [0.4, 0.5) is 0 Å².